The first-order valence-electron chi connectivity index (χ1n) is 10.5. The lowest BCUT2D eigenvalue weighted by molar-refractivity contribution is 0.0926. The van der Waals surface area contributed by atoms with Crippen LogP contribution in [0.2, 0.25) is 0 Å². The number of aromatic nitrogens is 3. The third kappa shape index (κ3) is 3.76. The highest BCUT2D eigenvalue weighted by molar-refractivity contribution is 5.80. The van der Waals surface area contributed by atoms with E-state index in [1.54, 1.807) is 15.1 Å². The predicted molar refractivity (Wildman–Crippen MR) is 125 cm³/mol. The van der Waals surface area contributed by atoms with Gasteiger partial charge < -0.3 is 9.84 Å². The molecular weight excluding hydrogens is 402 g/mol. The topological polar surface area (TPSA) is 68.8 Å². The minimum atomic E-state index is -0.860. The first-order valence-corrected chi connectivity index (χ1v) is 10.5. The maximum Gasteiger partial charge on any atom is 0.261 e. The number of aliphatic hydroxyl groups excluding tert-OH is 1. The fourth-order valence-electron chi connectivity index (χ4n) is 3.95. The molecule has 160 valence electrons. The van der Waals surface area contributed by atoms with Crippen molar-refractivity contribution < 1.29 is 9.84 Å². The molecule has 0 aliphatic rings. The van der Waals surface area contributed by atoms with Crippen molar-refractivity contribution in [3.8, 4) is 16.9 Å². The summed E-state index contributed by atoms with van der Waals surface area (Å²) >= 11 is 0. The zero-order valence-corrected chi connectivity index (χ0v) is 17.7. The van der Waals surface area contributed by atoms with E-state index in [2.05, 4.69) is 17.2 Å². The summed E-state index contributed by atoms with van der Waals surface area (Å²) in [5.74, 6) is 0.667. The average molecular weight is 425 g/mol. The van der Waals surface area contributed by atoms with Crippen LogP contribution < -0.4 is 10.3 Å². The molecule has 2 heterocycles. The van der Waals surface area contributed by atoms with Gasteiger partial charge in [0.05, 0.1) is 23.1 Å². The Labute approximate surface area is 184 Å². The van der Waals surface area contributed by atoms with E-state index < -0.39 is 6.10 Å². The molecule has 6 heteroatoms. The number of nitrogens with zero attached hydrogens (tertiary/aromatic N) is 3. The first-order chi connectivity index (χ1) is 15.6. The van der Waals surface area contributed by atoms with Gasteiger partial charge in [-0.1, -0.05) is 54.6 Å². The van der Waals surface area contributed by atoms with Crippen LogP contribution in [0.3, 0.4) is 0 Å². The van der Waals surface area contributed by atoms with Crippen LogP contribution in [0.25, 0.3) is 27.7 Å². The van der Waals surface area contributed by atoms with Crippen molar-refractivity contribution in [2.24, 2.45) is 0 Å². The van der Waals surface area contributed by atoms with Gasteiger partial charge in [-0.05, 0) is 42.3 Å². The van der Waals surface area contributed by atoms with Crippen molar-refractivity contribution in [3.63, 3.8) is 0 Å². The Bertz CT molecular complexity index is 1440. The zero-order valence-electron chi connectivity index (χ0n) is 17.7. The van der Waals surface area contributed by atoms with E-state index >= 15 is 0 Å². The van der Waals surface area contributed by atoms with Crippen LogP contribution in [0.4, 0.5) is 0 Å². The van der Waals surface area contributed by atoms with Crippen LogP contribution in [-0.4, -0.2) is 32.0 Å². The third-order valence-electron chi connectivity index (χ3n) is 5.49. The average Bonchev–Trinajstić information content (AvgIpc) is 3.23. The van der Waals surface area contributed by atoms with Gasteiger partial charge in [-0.15, -0.1) is 0 Å². The molecule has 0 spiro atoms. The van der Waals surface area contributed by atoms with Crippen molar-refractivity contribution in [1.29, 1.82) is 0 Å². The minimum Gasteiger partial charge on any atom is -0.491 e. The summed E-state index contributed by atoms with van der Waals surface area (Å²) < 4.78 is 9.10. The standard InChI is InChI=1S/C26H23N3O3/c1-18-15-25-28(26(31)23-9-5-6-10-24(23)29(25)27-18)16-21(30)17-32-22-13-11-20(12-14-22)19-7-3-2-4-8-19/h2-15,21,30H,16-17H2,1H3. The predicted octanol–water partition coefficient (Wildman–Crippen LogP) is 4.06. The number of rotatable bonds is 6. The molecule has 0 aliphatic heterocycles. The highest BCUT2D eigenvalue weighted by atomic mass is 16.5. The number of hydrogen-bond acceptors (Lipinski definition) is 4. The van der Waals surface area contributed by atoms with E-state index in [0.717, 1.165) is 22.3 Å². The SMILES string of the molecule is Cc1cc2n(CC(O)COc3ccc(-c4ccccc4)cc3)c(=O)c3ccccc3n2n1. The fourth-order valence-corrected chi connectivity index (χ4v) is 3.95. The third-order valence-corrected chi connectivity index (χ3v) is 5.49. The molecule has 6 nitrogen and oxygen atoms in total. The Morgan fingerprint density at radius 3 is 2.41 bits per heavy atom. The number of hydrogen-bond donors (Lipinski definition) is 1. The Morgan fingerprint density at radius 1 is 0.938 bits per heavy atom. The fraction of sp³-hybridized carbons (Fsp3) is 0.154. The van der Waals surface area contributed by atoms with E-state index in [-0.39, 0.29) is 18.7 Å². The second-order valence-electron chi connectivity index (χ2n) is 7.84. The summed E-state index contributed by atoms with van der Waals surface area (Å²) in [4.78, 5) is 13.1. The molecule has 1 atom stereocenters. The Kier molecular flexibility index (Phi) is 5.21. The number of aliphatic hydroxyl groups is 1. The molecule has 0 amide bonds. The van der Waals surface area contributed by atoms with Gasteiger partial charge in [0.2, 0.25) is 0 Å². The lowest BCUT2D eigenvalue weighted by Gasteiger charge is -2.16. The van der Waals surface area contributed by atoms with Crippen molar-refractivity contribution >= 4 is 16.6 Å². The van der Waals surface area contributed by atoms with Gasteiger partial charge in [-0.25, -0.2) is 4.52 Å². The molecule has 0 aliphatic carbocycles. The molecule has 1 N–H and O–H groups in total. The lowest BCUT2D eigenvalue weighted by atomic mass is 10.1. The van der Waals surface area contributed by atoms with Crippen LogP contribution >= 0.6 is 0 Å². The van der Waals surface area contributed by atoms with Gasteiger partial charge in [-0.3, -0.25) is 9.36 Å². The van der Waals surface area contributed by atoms with Crippen LogP contribution in [0.1, 0.15) is 5.69 Å². The molecular formula is C26H23N3O3. The maximum absolute atomic E-state index is 13.1. The highest BCUT2D eigenvalue weighted by Crippen LogP contribution is 2.22. The van der Waals surface area contributed by atoms with Crippen LogP contribution in [-0.2, 0) is 6.54 Å². The van der Waals surface area contributed by atoms with Gasteiger partial charge in [0, 0.05) is 6.07 Å². The van der Waals surface area contributed by atoms with Crippen LogP contribution in [0.15, 0.2) is 89.7 Å². The molecule has 2 aromatic heterocycles. The van der Waals surface area contributed by atoms with Crippen LogP contribution in [0, 0.1) is 6.92 Å². The van der Waals surface area contributed by atoms with Gasteiger partial charge in [0.25, 0.3) is 5.56 Å². The highest BCUT2D eigenvalue weighted by Gasteiger charge is 2.16. The van der Waals surface area contributed by atoms with E-state index in [4.69, 9.17) is 4.74 Å². The summed E-state index contributed by atoms with van der Waals surface area (Å²) in [6, 6.07) is 27.1. The summed E-state index contributed by atoms with van der Waals surface area (Å²) in [5, 5.41) is 15.7. The lowest BCUT2D eigenvalue weighted by Crippen LogP contribution is -2.31. The smallest absolute Gasteiger partial charge is 0.261 e. The van der Waals surface area contributed by atoms with Gasteiger partial charge >= 0.3 is 0 Å². The summed E-state index contributed by atoms with van der Waals surface area (Å²) in [5.41, 5.74) is 4.28. The molecule has 0 bridgehead atoms. The molecule has 0 saturated carbocycles. The van der Waals surface area contributed by atoms with E-state index in [0.29, 0.717) is 16.8 Å². The second-order valence-corrected chi connectivity index (χ2v) is 7.84. The van der Waals surface area contributed by atoms with Crippen molar-refractivity contribution in [2.45, 2.75) is 19.6 Å². The zero-order chi connectivity index (χ0) is 22.1. The molecule has 1 unspecified atom stereocenters. The Morgan fingerprint density at radius 2 is 1.62 bits per heavy atom. The first kappa shape index (κ1) is 20.0. The normalized spacial score (nSPS) is 12.3. The summed E-state index contributed by atoms with van der Waals surface area (Å²) in [6.45, 7) is 2.07. The number of fused-ring (bicyclic) bond motifs is 3. The Balaban J connectivity index is 1.35. The molecule has 5 rings (SSSR count). The van der Waals surface area contributed by atoms with Gasteiger partial charge in [0.1, 0.15) is 24.1 Å². The molecule has 32 heavy (non-hydrogen) atoms. The van der Waals surface area contributed by atoms with Crippen molar-refractivity contribution in [2.75, 3.05) is 6.61 Å². The molecule has 0 fully saturated rings. The maximum atomic E-state index is 13.1. The summed E-state index contributed by atoms with van der Waals surface area (Å²) in [7, 11) is 0. The van der Waals surface area contributed by atoms with Crippen molar-refractivity contribution in [1.82, 2.24) is 14.2 Å². The molecule has 3 aromatic carbocycles. The molecule has 0 saturated heterocycles. The molecule has 5 aromatic rings. The van der Waals surface area contributed by atoms with Gasteiger partial charge in [-0.2, -0.15) is 5.10 Å². The number of aryl methyl sites for hydroxylation is 1. The molecule has 0 radical (unpaired) electrons. The van der Waals surface area contributed by atoms with E-state index in [1.807, 2.05) is 73.7 Å². The largest absolute Gasteiger partial charge is 0.491 e. The van der Waals surface area contributed by atoms with E-state index in [9.17, 15) is 9.90 Å². The Hall–Kier alpha value is -3.90. The number of para-hydroxylation sites is 1. The van der Waals surface area contributed by atoms with E-state index in [1.165, 1.54) is 0 Å². The quantitative estimate of drug-likeness (QED) is 0.445. The van der Waals surface area contributed by atoms with Crippen LogP contribution in [0.5, 0.6) is 5.75 Å². The minimum absolute atomic E-state index is 0.0726. The van der Waals surface area contributed by atoms with Crippen molar-refractivity contribution in [3.05, 3.63) is 101 Å². The number of ether oxygens (including phenoxy) is 1. The summed E-state index contributed by atoms with van der Waals surface area (Å²) in [6.07, 6.45) is -0.860. The number of benzene rings is 3. The monoisotopic (exact) mass is 425 g/mol. The second kappa shape index (κ2) is 8.32. The van der Waals surface area contributed by atoms with Gasteiger partial charge in [0.15, 0.2) is 0 Å².